The average Bonchev–Trinajstić information content (AvgIpc) is 3.00. The molecular weight excluding hydrogens is 304 g/mol. The third kappa shape index (κ3) is 2.11. The first kappa shape index (κ1) is 14.6. The Kier molecular flexibility index (Phi) is 3.20. The molecule has 4 heteroatoms. The van der Waals surface area contributed by atoms with Crippen molar-refractivity contribution in [2.24, 2.45) is 0 Å². The summed E-state index contributed by atoms with van der Waals surface area (Å²) < 4.78 is 16.5. The van der Waals surface area contributed by atoms with Crippen molar-refractivity contribution in [3.8, 4) is 16.9 Å². The zero-order chi connectivity index (χ0) is 16.8. The topological polar surface area (TPSA) is 52.6 Å². The van der Waals surface area contributed by atoms with Crippen molar-refractivity contribution in [1.29, 1.82) is 0 Å². The maximum atomic E-state index is 11.7. The van der Waals surface area contributed by atoms with Crippen LogP contribution in [0.3, 0.4) is 0 Å². The lowest BCUT2D eigenvalue weighted by molar-refractivity contribution is 0.415. The molecule has 0 atom stereocenters. The van der Waals surface area contributed by atoms with Gasteiger partial charge in [-0.25, -0.2) is 4.79 Å². The predicted octanol–water partition coefficient (Wildman–Crippen LogP) is 4.83. The number of methoxy groups -OCH3 is 1. The number of hydrogen-bond acceptors (Lipinski definition) is 4. The number of furan rings is 1. The second-order valence-electron chi connectivity index (χ2n) is 5.88. The molecule has 0 unspecified atom stereocenters. The van der Waals surface area contributed by atoms with Gasteiger partial charge in [0.15, 0.2) is 0 Å². The van der Waals surface area contributed by atoms with E-state index in [0.717, 1.165) is 44.4 Å². The second-order valence-corrected chi connectivity index (χ2v) is 5.88. The van der Waals surface area contributed by atoms with E-state index < -0.39 is 0 Å². The molecule has 120 valence electrons. The largest absolute Gasteiger partial charge is 0.497 e. The molecule has 0 spiro atoms. The van der Waals surface area contributed by atoms with Crippen LogP contribution in [0.5, 0.6) is 5.75 Å². The number of hydrogen-bond donors (Lipinski definition) is 0. The summed E-state index contributed by atoms with van der Waals surface area (Å²) in [7, 11) is 1.65. The Bertz CT molecular complexity index is 1130. The first-order valence-corrected chi connectivity index (χ1v) is 7.68. The Morgan fingerprint density at radius 2 is 1.83 bits per heavy atom. The van der Waals surface area contributed by atoms with Crippen LogP contribution < -0.4 is 10.4 Å². The van der Waals surface area contributed by atoms with E-state index in [-0.39, 0.29) is 5.63 Å². The van der Waals surface area contributed by atoms with Crippen molar-refractivity contribution in [2.45, 2.75) is 13.8 Å². The van der Waals surface area contributed by atoms with E-state index >= 15 is 0 Å². The van der Waals surface area contributed by atoms with E-state index in [4.69, 9.17) is 13.6 Å². The van der Waals surface area contributed by atoms with Crippen LogP contribution in [0.2, 0.25) is 0 Å². The molecule has 2 heterocycles. The molecule has 4 aromatic rings. The summed E-state index contributed by atoms with van der Waals surface area (Å²) in [6.07, 6.45) is 1.73. The summed E-state index contributed by atoms with van der Waals surface area (Å²) in [6, 6.07) is 11.4. The van der Waals surface area contributed by atoms with E-state index in [1.807, 2.05) is 44.2 Å². The number of benzene rings is 2. The standard InChI is InChI=1S/C20H16O4/c1-11-7-18(21)24-20-12(2)19-16(9-15(11)20)17(10-23-19)13-5-4-6-14(8-13)22-3/h4-10H,1-3H3. The lowest BCUT2D eigenvalue weighted by Gasteiger charge is -2.06. The molecule has 2 aromatic carbocycles. The maximum Gasteiger partial charge on any atom is 0.336 e. The number of fused-ring (bicyclic) bond motifs is 2. The first-order chi connectivity index (χ1) is 11.6. The van der Waals surface area contributed by atoms with Crippen molar-refractivity contribution in [3.63, 3.8) is 0 Å². The smallest absolute Gasteiger partial charge is 0.336 e. The van der Waals surface area contributed by atoms with E-state index in [2.05, 4.69) is 0 Å². The van der Waals surface area contributed by atoms with Gasteiger partial charge in [-0.3, -0.25) is 0 Å². The summed E-state index contributed by atoms with van der Waals surface area (Å²) >= 11 is 0. The molecule has 0 saturated carbocycles. The molecule has 0 saturated heterocycles. The fraction of sp³-hybridized carbons (Fsp3) is 0.150. The highest BCUT2D eigenvalue weighted by Gasteiger charge is 2.16. The molecule has 2 aromatic heterocycles. The molecular formula is C20H16O4. The van der Waals surface area contributed by atoms with Crippen LogP contribution in [0.25, 0.3) is 33.1 Å². The molecule has 0 N–H and O–H groups in total. The Hall–Kier alpha value is -3.01. The molecule has 0 aliphatic heterocycles. The summed E-state index contributed by atoms with van der Waals surface area (Å²) in [4.78, 5) is 11.7. The van der Waals surface area contributed by atoms with Gasteiger partial charge >= 0.3 is 5.63 Å². The van der Waals surface area contributed by atoms with Crippen LogP contribution in [-0.4, -0.2) is 7.11 Å². The Morgan fingerprint density at radius 1 is 1.00 bits per heavy atom. The Balaban J connectivity index is 2.07. The van der Waals surface area contributed by atoms with Crippen LogP contribution in [0.1, 0.15) is 11.1 Å². The summed E-state index contributed by atoms with van der Waals surface area (Å²) in [5, 5.41) is 1.91. The van der Waals surface area contributed by atoms with E-state index in [0.29, 0.717) is 5.58 Å². The van der Waals surface area contributed by atoms with Crippen molar-refractivity contribution in [1.82, 2.24) is 0 Å². The molecule has 0 aliphatic carbocycles. The van der Waals surface area contributed by atoms with E-state index in [9.17, 15) is 4.79 Å². The van der Waals surface area contributed by atoms with Crippen molar-refractivity contribution in [3.05, 3.63) is 64.2 Å². The SMILES string of the molecule is COc1cccc(-c2coc3c(C)c4oc(=O)cc(C)c4cc23)c1. The van der Waals surface area contributed by atoms with Crippen LogP contribution in [0.4, 0.5) is 0 Å². The minimum absolute atomic E-state index is 0.345. The molecule has 4 nitrogen and oxygen atoms in total. The van der Waals surface area contributed by atoms with Crippen LogP contribution in [0.15, 0.2) is 56.3 Å². The Morgan fingerprint density at radius 3 is 2.62 bits per heavy atom. The van der Waals surface area contributed by atoms with Gasteiger partial charge in [-0.1, -0.05) is 12.1 Å². The molecule has 4 rings (SSSR count). The van der Waals surface area contributed by atoms with Crippen LogP contribution >= 0.6 is 0 Å². The molecule has 0 aliphatic rings. The van der Waals surface area contributed by atoms with Gasteiger partial charge in [-0.15, -0.1) is 0 Å². The lowest BCUT2D eigenvalue weighted by atomic mass is 9.99. The van der Waals surface area contributed by atoms with Gasteiger partial charge in [0.1, 0.15) is 16.9 Å². The predicted molar refractivity (Wildman–Crippen MR) is 93.7 cm³/mol. The fourth-order valence-corrected chi connectivity index (χ4v) is 3.14. The van der Waals surface area contributed by atoms with Gasteiger partial charge < -0.3 is 13.6 Å². The molecule has 24 heavy (non-hydrogen) atoms. The average molecular weight is 320 g/mol. The van der Waals surface area contributed by atoms with Crippen molar-refractivity contribution < 1.29 is 13.6 Å². The highest BCUT2D eigenvalue weighted by molar-refractivity contribution is 6.04. The monoisotopic (exact) mass is 320 g/mol. The first-order valence-electron chi connectivity index (χ1n) is 7.68. The van der Waals surface area contributed by atoms with E-state index in [1.54, 1.807) is 13.4 Å². The van der Waals surface area contributed by atoms with E-state index in [1.165, 1.54) is 6.07 Å². The zero-order valence-electron chi connectivity index (χ0n) is 13.7. The Labute approximate surface area is 138 Å². The normalized spacial score (nSPS) is 11.3. The lowest BCUT2D eigenvalue weighted by Crippen LogP contribution is -1.99. The van der Waals surface area contributed by atoms with Gasteiger partial charge in [0.2, 0.25) is 0 Å². The van der Waals surface area contributed by atoms with Gasteiger partial charge in [0, 0.05) is 28.0 Å². The van der Waals surface area contributed by atoms with Gasteiger partial charge in [-0.05, 0) is 43.2 Å². The van der Waals surface area contributed by atoms with Crippen molar-refractivity contribution >= 4 is 21.9 Å². The second kappa shape index (κ2) is 5.27. The minimum Gasteiger partial charge on any atom is -0.497 e. The molecule has 0 bridgehead atoms. The highest BCUT2D eigenvalue weighted by atomic mass is 16.5. The number of aryl methyl sites for hydroxylation is 2. The van der Waals surface area contributed by atoms with Crippen molar-refractivity contribution in [2.75, 3.05) is 7.11 Å². The zero-order valence-corrected chi connectivity index (χ0v) is 13.7. The number of rotatable bonds is 2. The highest BCUT2D eigenvalue weighted by Crippen LogP contribution is 2.37. The third-order valence-corrected chi connectivity index (χ3v) is 4.39. The molecule has 0 amide bonds. The summed E-state index contributed by atoms with van der Waals surface area (Å²) in [5.74, 6) is 0.793. The maximum absolute atomic E-state index is 11.7. The molecule has 0 radical (unpaired) electrons. The number of ether oxygens (including phenoxy) is 1. The molecule has 0 fully saturated rings. The summed E-state index contributed by atoms with van der Waals surface area (Å²) in [5.41, 5.74) is 4.69. The quantitative estimate of drug-likeness (QED) is 0.496. The van der Waals surface area contributed by atoms with Crippen LogP contribution in [-0.2, 0) is 0 Å². The van der Waals surface area contributed by atoms with Gasteiger partial charge in [0.25, 0.3) is 0 Å². The van der Waals surface area contributed by atoms with Crippen LogP contribution in [0, 0.1) is 13.8 Å². The fourth-order valence-electron chi connectivity index (χ4n) is 3.14. The van der Waals surface area contributed by atoms with Gasteiger partial charge in [-0.2, -0.15) is 0 Å². The minimum atomic E-state index is -0.345. The summed E-state index contributed by atoms with van der Waals surface area (Å²) in [6.45, 7) is 3.82. The van der Waals surface area contributed by atoms with Gasteiger partial charge in [0.05, 0.1) is 13.4 Å². The third-order valence-electron chi connectivity index (χ3n) is 4.39.